The minimum Gasteiger partial charge on any atom is -0.456 e. The number of fused-ring (bicyclic) bond motifs is 1. The Labute approximate surface area is 155 Å². The summed E-state index contributed by atoms with van der Waals surface area (Å²) in [6.07, 6.45) is 0. The van der Waals surface area contributed by atoms with Crippen molar-refractivity contribution < 1.29 is 14.3 Å². The lowest BCUT2D eigenvalue weighted by molar-refractivity contribution is -0.131. The van der Waals surface area contributed by atoms with Gasteiger partial charge in [0.1, 0.15) is 17.2 Å². The maximum absolute atomic E-state index is 11.5. The molecule has 1 heterocycles. The van der Waals surface area contributed by atoms with Crippen molar-refractivity contribution >= 4 is 40.1 Å². The second-order valence-corrected chi connectivity index (χ2v) is 6.44. The van der Waals surface area contributed by atoms with E-state index in [1.54, 1.807) is 36.4 Å². The number of aryl methyl sites for hydroxylation is 1. The molecule has 0 bridgehead atoms. The summed E-state index contributed by atoms with van der Waals surface area (Å²) in [5.41, 5.74) is 2.20. The molecule has 0 aliphatic heterocycles. The van der Waals surface area contributed by atoms with Gasteiger partial charge in [-0.15, -0.1) is 0 Å². The van der Waals surface area contributed by atoms with Crippen LogP contribution in [-0.4, -0.2) is 11.0 Å². The van der Waals surface area contributed by atoms with Crippen molar-refractivity contribution in [1.82, 2.24) is 4.98 Å². The number of hydrogen-bond acceptors (Lipinski definition) is 4. The highest BCUT2D eigenvalue weighted by atomic mass is 35.5. The molecule has 3 aromatic rings. The standard InChI is InChI=1S/C19H15Cl2NO3/c1-10-11(2)22-17-9-16(21)18(8-15(17)19(10)24-12(3)23)25-14-6-4-13(20)5-7-14/h4-9H,1-3H3. The van der Waals surface area contributed by atoms with Crippen LogP contribution in [0, 0.1) is 13.8 Å². The topological polar surface area (TPSA) is 48.4 Å². The number of rotatable bonds is 3. The third kappa shape index (κ3) is 3.70. The monoisotopic (exact) mass is 375 g/mol. The van der Waals surface area contributed by atoms with E-state index in [-0.39, 0.29) is 0 Å². The molecule has 0 aliphatic rings. The molecule has 128 valence electrons. The van der Waals surface area contributed by atoms with Crippen molar-refractivity contribution in [3.63, 3.8) is 0 Å². The summed E-state index contributed by atoms with van der Waals surface area (Å²) in [6.45, 7) is 5.07. The molecule has 0 N–H and O–H groups in total. The molecule has 0 aliphatic carbocycles. The first-order chi connectivity index (χ1) is 11.8. The molecule has 0 saturated carbocycles. The van der Waals surface area contributed by atoms with Gasteiger partial charge in [0, 0.05) is 28.6 Å². The Balaban J connectivity index is 2.14. The lowest BCUT2D eigenvalue weighted by Crippen LogP contribution is -2.05. The predicted molar refractivity (Wildman–Crippen MR) is 99.1 cm³/mol. The molecule has 0 radical (unpaired) electrons. The van der Waals surface area contributed by atoms with Gasteiger partial charge in [-0.3, -0.25) is 9.78 Å². The van der Waals surface area contributed by atoms with E-state index in [1.165, 1.54) is 6.92 Å². The van der Waals surface area contributed by atoms with Crippen LogP contribution in [0.1, 0.15) is 18.2 Å². The molecule has 0 saturated heterocycles. The Kier molecular flexibility index (Phi) is 4.84. The molecule has 0 atom stereocenters. The number of nitrogens with zero attached hydrogens (tertiary/aromatic N) is 1. The highest BCUT2D eigenvalue weighted by Crippen LogP contribution is 2.38. The summed E-state index contributed by atoms with van der Waals surface area (Å²) in [5.74, 6) is 1.10. The third-order valence-electron chi connectivity index (χ3n) is 3.75. The van der Waals surface area contributed by atoms with Crippen LogP contribution in [0.15, 0.2) is 36.4 Å². The first-order valence-corrected chi connectivity index (χ1v) is 8.33. The van der Waals surface area contributed by atoms with Crippen LogP contribution in [0.3, 0.4) is 0 Å². The van der Waals surface area contributed by atoms with Crippen LogP contribution in [0.5, 0.6) is 17.2 Å². The van der Waals surface area contributed by atoms with E-state index in [0.29, 0.717) is 38.2 Å². The van der Waals surface area contributed by atoms with Crippen molar-refractivity contribution in [1.29, 1.82) is 0 Å². The third-order valence-corrected chi connectivity index (χ3v) is 4.30. The molecule has 6 heteroatoms. The molecule has 4 nitrogen and oxygen atoms in total. The van der Waals surface area contributed by atoms with Crippen molar-refractivity contribution in [2.75, 3.05) is 0 Å². The van der Waals surface area contributed by atoms with E-state index in [0.717, 1.165) is 11.3 Å². The summed E-state index contributed by atoms with van der Waals surface area (Å²) in [4.78, 5) is 16.0. The maximum Gasteiger partial charge on any atom is 0.308 e. The smallest absolute Gasteiger partial charge is 0.308 e. The van der Waals surface area contributed by atoms with E-state index in [4.69, 9.17) is 32.7 Å². The number of benzene rings is 2. The van der Waals surface area contributed by atoms with Gasteiger partial charge in [0.2, 0.25) is 0 Å². The number of halogens is 2. The van der Waals surface area contributed by atoms with Gasteiger partial charge in [0.15, 0.2) is 0 Å². The van der Waals surface area contributed by atoms with Crippen molar-refractivity contribution in [2.24, 2.45) is 0 Å². The largest absolute Gasteiger partial charge is 0.456 e. The molecule has 3 rings (SSSR count). The average Bonchev–Trinajstić information content (AvgIpc) is 2.55. The zero-order chi connectivity index (χ0) is 18.1. The molecular weight excluding hydrogens is 361 g/mol. The van der Waals surface area contributed by atoms with Crippen molar-refractivity contribution in [3.8, 4) is 17.2 Å². The highest BCUT2D eigenvalue weighted by molar-refractivity contribution is 6.33. The average molecular weight is 376 g/mol. The Hall–Kier alpha value is -2.30. The fourth-order valence-electron chi connectivity index (χ4n) is 2.43. The summed E-state index contributed by atoms with van der Waals surface area (Å²) in [5, 5.41) is 1.68. The molecule has 0 unspecified atom stereocenters. The second-order valence-electron chi connectivity index (χ2n) is 5.60. The van der Waals surface area contributed by atoms with Gasteiger partial charge in [-0.05, 0) is 50.2 Å². The predicted octanol–water partition coefficient (Wildman–Crippen LogP) is 5.88. The van der Waals surface area contributed by atoms with Crippen LogP contribution < -0.4 is 9.47 Å². The molecule has 0 spiro atoms. The maximum atomic E-state index is 11.5. The van der Waals surface area contributed by atoms with Crippen LogP contribution in [-0.2, 0) is 4.79 Å². The SMILES string of the molecule is CC(=O)Oc1c(C)c(C)nc2cc(Cl)c(Oc3ccc(Cl)cc3)cc12. The molecule has 0 fully saturated rings. The van der Waals surface area contributed by atoms with Gasteiger partial charge < -0.3 is 9.47 Å². The number of pyridine rings is 1. The quantitative estimate of drug-likeness (QED) is 0.536. The van der Waals surface area contributed by atoms with Crippen molar-refractivity contribution in [3.05, 3.63) is 57.7 Å². The highest BCUT2D eigenvalue weighted by Gasteiger charge is 2.16. The van der Waals surface area contributed by atoms with Gasteiger partial charge in [-0.25, -0.2) is 0 Å². The van der Waals surface area contributed by atoms with E-state index >= 15 is 0 Å². The number of hydrogen-bond donors (Lipinski definition) is 0. The van der Waals surface area contributed by atoms with E-state index in [1.807, 2.05) is 13.8 Å². The van der Waals surface area contributed by atoms with Crippen LogP contribution in [0.4, 0.5) is 0 Å². The molecule has 1 aromatic heterocycles. The molecule has 2 aromatic carbocycles. The number of esters is 1. The molecular formula is C19H15Cl2NO3. The first-order valence-electron chi connectivity index (χ1n) is 7.57. The van der Waals surface area contributed by atoms with Gasteiger partial charge in [0.05, 0.1) is 10.5 Å². The number of carbonyl (C=O) groups excluding carboxylic acids is 1. The zero-order valence-corrected chi connectivity index (χ0v) is 15.4. The lowest BCUT2D eigenvalue weighted by Gasteiger charge is -2.14. The van der Waals surface area contributed by atoms with E-state index in [2.05, 4.69) is 4.98 Å². The lowest BCUT2D eigenvalue weighted by atomic mass is 10.1. The molecule has 0 amide bonds. The van der Waals surface area contributed by atoms with Gasteiger partial charge in [0.25, 0.3) is 0 Å². The summed E-state index contributed by atoms with van der Waals surface area (Å²) < 4.78 is 11.2. The van der Waals surface area contributed by atoms with Crippen molar-refractivity contribution in [2.45, 2.75) is 20.8 Å². The van der Waals surface area contributed by atoms with Crippen LogP contribution in [0.25, 0.3) is 10.9 Å². The second kappa shape index (κ2) is 6.90. The zero-order valence-electron chi connectivity index (χ0n) is 13.9. The number of carbonyl (C=O) groups is 1. The minimum absolute atomic E-state index is 0.398. The fourth-order valence-corrected chi connectivity index (χ4v) is 2.75. The summed E-state index contributed by atoms with van der Waals surface area (Å²) in [7, 11) is 0. The Bertz CT molecular complexity index is 969. The summed E-state index contributed by atoms with van der Waals surface area (Å²) >= 11 is 12.2. The van der Waals surface area contributed by atoms with E-state index < -0.39 is 5.97 Å². The Morgan fingerprint density at radius 1 is 1.08 bits per heavy atom. The Morgan fingerprint density at radius 3 is 2.40 bits per heavy atom. The number of aromatic nitrogens is 1. The minimum atomic E-state index is -0.398. The fraction of sp³-hybridized carbons (Fsp3) is 0.158. The van der Waals surface area contributed by atoms with Gasteiger partial charge in [-0.2, -0.15) is 0 Å². The van der Waals surface area contributed by atoms with Gasteiger partial charge >= 0.3 is 5.97 Å². The Morgan fingerprint density at radius 2 is 1.76 bits per heavy atom. The van der Waals surface area contributed by atoms with E-state index in [9.17, 15) is 4.79 Å². The van der Waals surface area contributed by atoms with Gasteiger partial charge in [-0.1, -0.05) is 23.2 Å². The first kappa shape index (κ1) is 17.5. The normalized spacial score (nSPS) is 10.8. The molecule has 25 heavy (non-hydrogen) atoms. The van der Waals surface area contributed by atoms with Crippen LogP contribution in [0.2, 0.25) is 10.0 Å². The van der Waals surface area contributed by atoms with Crippen LogP contribution >= 0.6 is 23.2 Å². The summed E-state index contributed by atoms with van der Waals surface area (Å²) in [6, 6.07) is 10.4. The number of ether oxygens (including phenoxy) is 2.